The lowest BCUT2D eigenvalue weighted by molar-refractivity contribution is -0.119. The number of amides is 1. The highest BCUT2D eigenvalue weighted by atomic mass is 35.5. The third kappa shape index (κ3) is 6.08. The number of nitrogens with zero attached hydrogens (tertiary/aromatic N) is 1. The van der Waals surface area contributed by atoms with Crippen LogP contribution in [0.5, 0.6) is 0 Å². The molecule has 1 amide bonds. The molecule has 0 aliphatic heterocycles. The molecule has 33 heavy (non-hydrogen) atoms. The summed E-state index contributed by atoms with van der Waals surface area (Å²) < 4.78 is 27.8. The molecule has 8 heteroatoms. The number of carbonyl (C=O) groups is 1. The molecule has 0 unspecified atom stereocenters. The topological polar surface area (TPSA) is 66.5 Å². The third-order valence-corrected chi connectivity index (χ3v) is 7.87. The number of carbonyl (C=O) groups excluding carboxylic acids is 1. The molecule has 0 saturated heterocycles. The second-order valence-corrected chi connectivity index (χ2v) is 10.2. The van der Waals surface area contributed by atoms with E-state index in [1.54, 1.807) is 18.2 Å². The van der Waals surface area contributed by atoms with Crippen molar-refractivity contribution in [2.45, 2.75) is 38.1 Å². The highest BCUT2D eigenvalue weighted by Crippen LogP contribution is 2.30. The van der Waals surface area contributed by atoms with E-state index in [0.717, 1.165) is 28.3 Å². The van der Waals surface area contributed by atoms with Crippen LogP contribution in [0.2, 0.25) is 10.0 Å². The van der Waals surface area contributed by atoms with Gasteiger partial charge in [0.15, 0.2) is 0 Å². The van der Waals surface area contributed by atoms with Crippen LogP contribution in [-0.4, -0.2) is 20.9 Å². The summed E-state index contributed by atoms with van der Waals surface area (Å²) in [6.07, 6.45) is 1.73. The Kier molecular flexibility index (Phi) is 8.40. The van der Waals surface area contributed by atoms with Crippen molar-refractivity contribution in [3.05, 3.63) is 93.5 Å². The minimum atomic E-state index is -4.01. The minimum Gasteiger partial charge on any atom is -0.350 e. The van der Waals surface area contributed by atoms with E-state index in [1.807, 2.05) is 0 Å². The fraction of sp³-hybridized carbons (Fsp3) is 0.240. The Hall–Kier alpha value is -2.54. The maximum atomic E-state index is 13.4. The molecule has 0 saturated carbocycles. The number of rotatable bonds is 9. The fourth-order valence-electron chi connectivity index (χ4n) is 3.46. The van der Waals surface area contributed by atoms with E-state index >= 15 is 0 Å². The average molecular weight is 505 g/mol. The molecule has 0 fully saturated rings. The van der Waals surface area contributed by atoms with Crippen molar-refractivity contribution in [3.63, 3.8) is 0 Å². The molecule has 3 rings (SSSR count). The number of nitrogens with one attached hydrogen (secondary N) is 1. The molecule has 0 atom stereocenters. The van der Waals surface area contributed by atoms with Gasteiger partial charge in [-0.1, -0.05) is 73.4 Å². The monoisotopic (exact) mass is 504 g/mol. The van der Waals surface area contributed by atoms with Gasteiger partial charge in [-0.3, -0.25) is 9.10 Å². The Morgan fingerprint density at radius 2 is 1.61 bits per heavy atom. The molecule has 3 aromatic rings. The molecular weight excluding hydrogens is 479 g/mol. The largest absolute Gasteiger partial charge is 0.350 e. The van der Waals surface area contributed by atoms with Crippen molar-refractivity contribution in [1.82, 2.24) is 5.32 Å². The zero-order chi connectivity index (χ0) is 24.0. The Labute approximate surface area is 205 Å². The van der Waals surface area contributed by atoms with E-state index < -0.39 is 22.5 Å². The van der Waals surface area contributed by atoms with Crippen molar-refractivity contribution in [1.29, 1.82) is 0 Å². The highest BCUT2D eigenvalue weighted by Gasteiger charge is 2.27. The van der Waals surface area contributed by atoms with Crippen molar-refractivity contribution in [3.8, 4) is 0 Å². The lowest BCUT2D eigenvalue weighted by Crippen LogP contribution is -2.40. The first-order valence-corrected chi connectivity index (χ1v) is 12.9. The second-order valence-electron chi connectivity index (χ2n) is 7.51. The Balaban J connectivity index is 1.88. The van der Waals surface area contributed by atoms with E-state index in [4.69, 9.17) is 23.2 Å². The number of hydrogen-bond donors (Lipinski definition) is 1. The van der Waals surface area contributed by atoms with Crippen molar-refractivity contribution in [2.75, 3.05) is 10.8 Å². The summed E-state index contributed by atoms with van der Waals surface area (Å²) >= 11 is 12.2. The first-order chi connectivity index (χ1) is 15.8. The molecule has 0 bridgehead atoms. The Bertz CT molecular complexity index is 1230. The Morgan fingerprint density at radius 3 is 2.24 bits per heavy atom. The van der Waals surface area contributed by atoms with Gasteiger partial charge >= 0.3 is 0 Å². The summed E-state index contributed by atoms with van der Waals surface area (Å²) in [5.41, 5.74) is 3.61. The van der Waals surface area contributed by atoms with Gasteiger partial charge in [0.25, 0.3) is 10.0 Å². The van der Waals surface area contributed by atoms with Crippen LogP contribution in [0, 0.1) is 0 Å². The number of anilines is 1. The van der Waals surface area contributed by atoms with Crippen LogP contribution in [0.15, 0.2) is 71.6 Å². The number of aryl methyl sites for hydroxylation is 2. The van der Waals surface area contributed by atoms with Gasteiger partial charge in [0, 0.05) is 6.54 Å². The SMILES string of the molecule is CCc1ccc(CC)c(CNC(=O)CN(c2ccc(Cl)c(Cl)c2)S(=O)(=O)c2ccccc2)c1. The standard InChI is InChI=1S/C25H26Cl2N2O3S/c1-3-18-10-11-19(4-2)20(14-18)16-28-25(30)17-29(21-12-13-23(26)24(27)15-21)33(31,32)22-8-6-5-7-9-22/h5-15H,3-4,16-17H2,1-2H3,(H,28,30). The summed E-state index contributed by atoms with van der Waals surface area (Å²) in [4.78, 5) is 13.0. The van der Waals surface area contributed by atoms with Crippen molar-refractivity contribution < 1.29 is 13.2 Å². The van der Waals surface area contributed by atoms with Gasteiger partial charge in [-0.25, -0.2) is 8.42 Å². The molecule has 0 spiro atoms. The van der Waals surface area contributed by atoms with Crippen LogP contribution in [0.25, 0.3) is 0 Å². The van der Waals surface area contributed by atoms with Crippen LogP contribution in [0.1, 0.15) is 30.5 Å². The molecule has 0 heterocycles. The lowest BCUT2D eigenvalue weighted by Gasteiger charge is -2.24. The van der Waals surface area contributed by atoms with Gasteiger partial charge in [-0.05, 0) is 59.9 Å². The molecule has 0 aromatic heterocycles. The van der Waals surface area contributed by atoms with Gasteiger partial charge < -0.3 is 5.32 Å². The van der Waals surface area contributed by atoms with Crippen LogP contribution >= 0.6 is 23.2 Å². The molecule has 0 aliphatic carbocycles. The summed E-state index contributed by atoms with van der Waals surface area (Å²) in [7, 11) is -4.01. The molecule has 1 N–H and O–H groups in total. The van der Waals surface area contributed by atoms with Crippen molar-refractivity contribution in [2.24, 2.45) is 0 Å². The van der Waals surface area contributed by atoms with E-state index in [2.05, 4.69) is 37.4 Å². The first kappa shape index (κ1) is 25.1. The maximum absolute atomic E-state index is 13.4. The van der Waals surface area contributed by atoms with E-state index in [9.17, 15) is 13.2 Å². The smallest absolute Gasteiger partial charge is 0.264 e. The third-order valence-electron chi connectivity index (χ3n) is 5.35. The first-order valence-electron chi connectivity index (χ1n) is 10.7. The molecule has 0 aliphatic rings. The second kappa shape index (κ2) is 11.1. The van der Waals surface area contributed by atoms with Gasteiger partial charge in [0.05, 0.1) is 20.6 Å². The van der Waals surface area contributed by atoms with E-state index in [-0.39, 0.29) is 15.6 Å². The number of sulfonamides is 1. The highest BCUT2D eigenvalue weighted by molar-refractivity contribution is 7.92. The van der Waals surface area contributed by atoms with Gasteiger partial charge in [0.1, 0.15) is 6.54 Å². The van der Waals surface area contributed by atoms with Crippen molar-refractivity contribution >= 4 is 44.8 Å². The number of hydrogen-bond acceptors (Lipinski definition) is 3. The average Bonchev–Trinajstić information content (AvgIpc) is 2.83. The maximum Gasteiger partial charge on any atom is 0.264 e. The van der Waals surface area contributed by atoms with Gasteiger partial charge in [-0.15, -0.1) is 0 Å². The minimum absolute atomic E-state index is 0.0767. The van der Waals surface area contributed by atoms with Crippen LogP contribution in [-0.2, 0) is 34.2 Å². The quantitative estimate of drug-likeness (QED) is 0.410. The normalized spacial score (nSPS) is 11.3. The predicted molar refractivity (Wildman–Crippen MR) is 134 cm³/mol. The van der Waals surface area contributed by atoms with Crippen LogP contribution in [0.4, 0.5) is 5.69 Å². The fourth-order valence-corrected chi connectivity index (χ4v) is 5.19. The van der Waals surface area contributed by atoms with Crippen LogP contribution in [0.3, 0.4) is 0 Å². The molecule has 5 nitrogen and oxygen atoms in total. The summed E-state index contributed by atoms with van der Waals surface area (Å²) in [6, 6.07) is 18.7. The lowest BCUT2D eigenvalue weighted by atomic mass is 10.0. The van der Waals surface area contributed by atoms with E-state index in [0.29, 0.717) is 11.6 Å². The summed E-state index contributed by atoms with van der Waals surface area (Å²) in [6.45, 7) is 4.05. The molecule has 3 aromatic carbocycles. The zero-order valence-corrected chi connectivity index (χ0v) is 20.8. The van der Waals surface area contributed by atoms with Gasteiger partial charge in [-0.2, -0.15) is 0 Å². The molecular formula is C25H26Cl2N2O3S. The number of halogens is 2. The summed E-state index contributed by atoms with van der Waals surface area (Å²) in [5.74, 6) is -0.426. The molecule has 174 valence electrons. The van der Waals surface area contributed by atoms with E-state index in [1.165, 1.54) is 35.9 Å². The molecule has 0 radical (unpaired) electrons. The summed E-state index contributed by atoms with van der Waals surface area (Å²) in [5, 5.41) is 3.37. The Morgan fingerprint density at radius 1 is 0.879 bits per heavy atom. The zero-order valence-electron chi connectivity index (χ0n) is 18.5. The van der Waals surface area contributed by atoms with Gasteiger partial charge in [0.2, 0.25) is 5.91 Å². The number of benzene rings is 3. The predicted octanol–water partition coefficient (Wildman–Crippen LogP) is 5.63. The van der Waals surface area contributed by atoms with Crippen LogP contribution < -0.4 is 9.62 Å².